The summed E-state index contributed by atoms with van der Waals surface area (Å²) in [6.07, 6.45) is 0. The first-order valence-corrected chi connectivity index (χ1v) is 9.27. The predicted octanol–water partition coefficient (Wildman–Crippen LogP) is 4.05. The van der Waals surface area contributed by atoms with Crippen LogP contribution < -0.4 is 10.2 Å². The van der Waals surface area contributed by atoms with Gasteiger partial charge in [0.15, 0.2) is 6.61 Å². The van der Waals surface area contributed by atoms with E-state index in [1.54, 1.807) is 43.3 Å². The third-order valence-electron chi connectivity index (χ3n) is 4.39. The maximum atomic E-state index is 12.0. The van der Waals surface area contributed by atoms with E-state index in [4.69, 9.17) is 10.00 Å². The van der Waals surface area contributed by atoms with Crippen LogP contribution >= 0.6 is 0 Å². The lowest BCUT2D eigenvalue weighted by atomic mass is 10.0. The van der Waals surface area contributed by atoms with Crippen molar-refractivity contribution in [3.63, 3.8) is 0 Å². The number of carbonyl (C=O) groups excluding carboxylic acids is 1. The van der Waals surface area contributed by atoms with Gasteiger partial charge in [-0.2, -0.15) is 10.4 Å². The Morgan fingerprint density at radius 2 is 1.74 bits per heavy atom. The quantitative estimate of drug-likeness (QED) is 0.355. The summed E-state index contributed by atoms with van der Waals surface area (Å²) < 4.78 is 5.47. The lowest BCUT2D eigenvalue weighted by molar-refractivity contribution is -0.384. The Morgan fingerprint density at radius 3 is 2.35 bits per heavy atom. The van der Waals surface area contributed by atoms with Gasteiger partial charge in [-0.15, -0.1) is 0 Å². The highest BCUT2D eigenvalue weighted by Gasteiger charge is 2.08. The Labute approximate surface area is 178 Å². The van der Waals surface area contributed by atoms with E-state index in [2.05, 4.69) is 16.6 Å². The average molecular weight is 414 g/mol. The molecule has 1 amide bonds. The Kier molecular flexibility index (Phi) is 6.71. The molecule has 0 saturated heterocycles. The zero-order valence-corrected chi connectivity index (χ0v) is 16.6. The maximum Gasteiger partial charge on any atom is 0.277 e. The first kappa shape index (κ1) is 21.2. The predicted molar refractivity (Wildman–Crippen MR) is 116 cm³/mol. The molecule has 0 atom stereocenters. The van der Waals surface area contributed by atoms with Gasteiger partial charge in [-0.1, -0.05) is 36.4 Å². The smallest absolute Gasteiger partial charge is 0.277 e. The SMILES string of the molecule is C/C(=N\NC(=O)COc1ccc(-c2ccc(C#N)cc2)cc1)c1cccc([N+](=O)[O-])c1. The van der Waals surface area contributed by atoms with E-state index in [9.17, 15) is 14.9 Å². The second kappa shape index (κ2) is 9.80. The number of nitrogens with zero attached hydrogens (tertiary/aromatic N) is 3. The third kappa shape index (κ3) is 5.74. The number of hydrazone groups is 1. The topological polar surface area (TPSA) is 118 Å². The Morgan fingerprint density at radius 1 is 1.10 bits per heavy atom. The number of rotatable bonds is 7. The normalized spacial score (nSPS) is 10.8. The van der Waals surface area contributed by atoms with Crippen molar-refractivity contribution in [3.8, 4) is 22.9 Å². The highest BCUT2D eigenvalue weighted by molar-refractivity contribution is 5.99. The van der Waals surface area contributed by atoms with E-state index in [1.165, 1.54) is 12.1 Å². The van der Waals surface area contributed by atoms with Crippen molar-refractivity contribution >= 4 is 17.3 Å². The molecule has 1 N–H and O–H groups in total. The molecular weight excluding hydrogens is 396 g/mol. The molecule has 0 fully saturated rings. The van der Waals surface area contributed by atoms with Crippen LogP contribution in [-0.4, -0.2) is 23.1 Å². The molecule has 0 unspecified atom stereocenters. The van der Waals surface area contributed by atoms with Crippen LogP contribution in [0.15, 0.2) is 77.9 Å². The number of carbonyl (C=O) groups is 1. The van der Waals surface area contributed by atoms with Crippen LogP contribution in [0.2, 0.25) is 0 Å². The molecule has 31 heavy (non-hydrogen) atoms. The molecule has 0 aliphatic rings. The standard InChI is InChI=1S/C23H18N4O4/c1-16(20-3-2-4-21(13-20)27(29)30)25-26-23(28)15-31-22-11-9-19(10-12-22)18-7-5-17(14-24)6-8-18/h2-13H,15H2,1H3,(H,26,28)/b25-16+. The van der Waals surface area contributed by atoms with Crippen LogP contribution in [0, 0.1) is 21.4 Å². The molecule has 0 saturated carbocycles. The number of benzene rings is 3. The second-order valence-electron chi connectivity index (χ2n) is 6.54. The molecule has 0 bridgehead atoms. The van der Waals surface area contributed by atoms with Gasteiger partial charge in [0.05, 0.1) is 22.3 Å². The first-order chi connectivity index (χ1) is 15.0. The van der Waals surface area contributed by atoms with E-state index in [0.29, 0.717) is 22.6 Å². The summed E-state index contributed by atoms with van der Waals surface area (Å²) in [5.41, 5.74) is 5.82. The van der Waals surface area contributed by atoms with Crippen LogP contribution in [0.3, 0.4) is 0 Å². The molecule has 3 aromatic carbocycles. The van der Waals surface area contributed by atoms with Gasteiger partial charge in [0, 0.05) is 17.7 Å². The molecule has 0 heterocycles. The zero-order valence-electron chi connectivity index (χ0n) is 16.6. The minimum absolute atomic E-state index is 0.0498. The van der Waals surface area contributed by atoms with Crippen molar-refractivity contribution in [3.05, 3.63) is 94.0 Å². The number of nitro benzene ring substituents is 1. The summed E-state index contributed by atoms with van der Waals surface area (Å²) in [5.74, 6) is 0.0629. The summed E-state index contributed by atoms with van der Waals surface area (Å²) in [4.78, 5) is 22.4. The number of amides is 1. The third-order valence-corrected chi connectivity index (χ3v) is 4.39. The minimum atomic E-state index is -0.490. The molecule has 8 heteroatoms. The number of ether oxygens (including phenoxy) is 1. The van der Waals surface area contributed by atoms with Gasteiger partial charge >= 0.3 is 0 Å². The first-order valence-electron chi connectivity index (χ1n) is 9.27. The number of nitriles is 1. The monoisotopic (exact) mass is 414 g/mol. The van der Waals surface area contributed by atoms with E-state index in [-0.39, 0.29) is 12.3 Å². The second-order valence-corrected chi connectivity index (χ2v) is 6.54. The average Bonchev–Trinajstić information content (AvgIpc) is 2.81. The van der Waals surface area contributed by atoms with Crippen molar-refractivity contribution in [2.75, 3.05) is 6.61 Å². The molecular formula is C23H18N4O4. The van der Waals surface area contributed by atoms with Gasteiger partial charge in [-0.25, -0.2) is 5.43 Å². The fourth-order valence-electron chi connectivity index (χ4n) is 2.72. The fourth-order valence-corrected chi connectivity index (χ4v) is 2.72. The number of nitro groups is 1. The van der Waals surface area contributed by atoms with Crippen LogP contribution in [0.25, 0.3) is 11.1 Å². The number of non-ortho nitro benzene ring substituents is 1. The van der Waals surface area contributed by atoms with E-state index >= 15 is 0 Å². The van der Waals surface area contributed by atoms with Crippen LogP contribution in [0.1, 0.15) is 18.1 Å². The van der Waals surface area contributed by atoms with Crippen LogP contribution in [-0.2, 0) is 4.79 Å². The van der Waals surface area contributed by atoms with E-state index < -0.39 is 10.8 Å². The maximum absolute atomic E-state index is 12.0. The Bertz CT molecular complexity index is 1160. The molecule has 0 aromatic heterocycles. The number of nitrogens with one attached hydrogen (secondary N) is 1. The van der Waals surface area contributed by atoms with Gasteiger partial charge in [-0.3, -0.25) is 14.9 Å². The van der Waals surface area contributed by atoms with Gasteiger partial charge in [0.1, 0.15) is 5.75 Å². The number of hydrogen-bond acceptors (Lipinski definition) is 6. The molecule has 0 aliphatic carbocycles. The molecule has 3 aromatic rings. The number of hydrogen-bond donors (Lipinski definition) is 1. The Hall–Kier alpha value is -4.51. The summed E-state index contributed by atoms with van der Waals surface area (Å²) in [6, 6.07) is 22.5. The van der Waals surface area contributed by atoms with Crippen molar-refractivity contribution in [2.24, 2.45) is 5.10 Å². The van der Waals surface area contributed by atoms with Gasteiger partial charge < -0.3 is 4.74 Å². The minimum Gasteiger partial charge on any atom is -0.484 e. The summed E-state index contributed by atoms with van der Waals surface area (Å²) in [5, 5.41) is 23.7. The van der Waals surface area contributed by atoms with Crippen LogP contribution in [0.5, 0.6) is 5.75 Å². The summed E-state index contributed by atoms with van der Waals surface area (Å²) in [7, 11) is 0. The lowest BCUT2D eigenvalue weighted by Gasteiger charge is -2.07. The lowest BCUT2D eigenvalue weighted by Crippen LogP contribution is -2.25. The molecule has 0 spiro atoms. The van der Waals surface area contributed by atoms with E-state index in [1.807, 2.05) is 24.3 Å². The Balaban J connectivity index is 1.54. The molecule has 8 nitrogen and oxygen atoms in total. The van der Waals surface area contributed by atoms with Gasteiger partial charge in [0.25, 0.3) is 11.6 Å². The highest BCUT2D eigenvalue weighted by atomic mass is 16.6. The van der Waals surface area contributed by atoms with Crippen LogP contribution in [0.4, 0.5) is 5.69 Å². The zero-order chi connectivity index (χ0) is 22.2. The van der Waals surface area contributed by atoms with Crippen molar-refractivity contribution < 1.29 is 14.5 Å². The van der Waals surface area contributed by atoms with Crippen molar-refractivity contribution in [1.29, 1.82) is 5.26 Å². The fraction of sp³-hybridized carbons (Fsp3) is 0.0870. The van der Waals surface area contributed by atoms with E-state index in [0.717, 1.165) is 11.1 Å². The summed E-state index contributed by atoms with van der Waals surface area (Å²) in [6.45, 7) is 1.41. The summed E-state index contributed by atoms with van der Waals surface area (Å²) >= 11 is 0. The molecule has 154 valence electrons. The van der Waals surface area contributed by atoms with Gasteiger partial charge in [-0.05, 0) is 42.3 Å². The molecule has 0 radical (unpaired) electrons. The van der Waals surface area contributed by atoms with Gasteiger partial charge in [0.2, 0.25) is 0 Å². The molecule has 0 aliphatic heterocycles. The van der Waals surface area contributed by atoms with Crippen molar-refractivity contribution in [1.82, 2.24) is 5.43 Å². The van der Waals surface area contributed by atoms with Crippen molar-refractivity contribution in [2.45, 2.75) is 6.92 Å². The molecule has 3 rings (SSSR count). The highest BCUT2D eigenvalue weighted by Crippen LogP contribution is 2.22. The largest absolute Gasteiger partial charge is 0.484 e.